The Morgan fingerprint density at radius 2 is 2.25 bits per heavy atom. The quantitative estimate of drug-likeness (QED) is 0.547. The Kier molecular flexibility index (Phi) is 5.08. The van der Waals surface area contributed by atoms with Crippen molar-refractivity contribution >= 4 is 0 Å². The highest BCUT2D eigenvalue weighted by atomic mass is 14.9. The molecular formula is C7H16N. The molecule has 0 amide bonds. The molecule has 0 saturated heterocycles. The van der Waals surface area contributed by atoms with Gasteiger partial charge in [-0.05, 0) is 26.8 Å². The molecule has 0 spiro atoms. The van der Waals surface area contributed by atoms with E-state index in [1.165, 1.54) is 12.8 Å². The fourth-order valence-electron chi connectivity index (χ4n) is 0.525. The molecule has 1 radical (unpaired) electrons. The van der Waals surface area contributed by atoms with Gasteiger partial charge in [-0.25, -0.2) is 0 Å². The number of unbranched alkanes of at least 4 members (excludes halogenated alkanes) is 1. The van der Waals surface area contributed by atoms with Crippen molar-refractivity contribution < 1.29 is 0 Å². The van der Waals surface area contributed by atoms with Gasteiger partial charge in [0.1, 0.15) is 0 Å². The highest BCUT2D eigenvalue weighted by Gasteiger charge is 1.87. The number of hydrogen-bond acceptors (Lipinski definition) is 1. The van der Waals surface area contributed by atoms with E-state index >= 15 is 0 Å². The van der Waals surface area contributed by atoms with Crippen molar-refractivity contribution in [3.05, 3.63) is 6.92 Å². The van der Waals surface area contributed by atoms with E-state index in [1.807, 2.05) is 0 Å². The zero-order valence-electron chi connectivity index (χ0n) is 5.91. The van der Waals surface area contributed by atoms with Crippen LogP contribution in [0.3, 0.4) is 0 Å². The Labute approximate surface area is 52.5 Å². The second-order valence-electron chi connectivity index (χ2n) is 2.21. The number of hydrogen-bond donors (Lipinski definition) is 1. The maximum Gasteiger partial charge on any atom is 0.00393 e. The molecule has 0 heterocycles. The molecule has 0 aromatic carbocycles. The molecule has 0 aliphatic heterocycles. The molecule has 0 rings (SSSR count). The summed E-state index contributed by atoms with van der Waals surface area (Å²) in [6.07, 6.45) is 2.53. The minimum absolute atomic E-state index is 0.404. The lowest BCUT2D eigenvalue weighted by Crippen LogP contribution is -2.23. The lowest BCUT2D eigenvalue weighted by molar-refractivity contribution is 0.598. The molecule has 8 heavy (non-hydrogen) atoms. The summed E-state index contributed by atoms with van der Waals surface area (Å²) in [7, 11) is 0. The summed E-state index contributed by atoms with van der Waals surface area (Å²) in [4.78, 5) is 0. The SMILES string of the molecule is [CH2]C(C)NCCCC. The first-order chi connectivity index (χ1) is 3.77. The maximum absolute atomic E-state index is 3.80. The van der Waals surface area contributed by atoms with Crippen molar-refractivity contribution in [2.24, 2.45) is 0 Å². The lowest BCUT2D eigenvalue weighted by atomic mass is 10.3. The minimum Gasteiger partial charge on any atom is -0.314 e. The Morgan fingerprint density at radius 1 is 1.62 bits per heavy atom. The summed E-state index contributed by atoms with van der Waals surface area (Å²) in [5, 5.41) is 3.24. The van der Waals surface area contributed by atoms with Gasteiger partial charge in [-0.3, -0.25) is 0 Å². The highest BCUT2D eigenvalue weighted by molar-refractivity contribution is 4.60. The van der Waals surface area contributed by atoms with Gasteiger partial charge < -0.3 is 5.32 Å². The van der Waals surface area contributed by atoms with Crippen molar-refractivity contribution in [2.45, 2.75) is 32.7 Å². The van der Waals surface area contributed by atoms with Gasteiger partial charge in [0.05, 0.1) is 0 Å². The van der Waals surface area contributed by atoms with Gasteiger partial charge >= 0.3 is 0 Å². The summed E-state index contributed by atoms with van der Waals surface area (Å²) in [6, 6.07) is 0.404. The zero-order chi connectivity index (χ0) is 6.41. The van der Waals surface area contributed by atoms with E-state index in [0.717, 1.165) is 6.54 Å². The van der Waals surface area contributed by atoms with Crippen molar-refractivity contribution in [2.75, 3.05) is 6.54 Å². The minimum atomic E-state index is 0.404. The monoisotopic (exact) mass is 114 g/mol. The number of rotatable bonds is 4. The van der Waals surface area contributed by atoms with Crippen LogP contribution in [0, 0.1) is 6.92 Å². The molecule has 1 nitrogen and oxygen atoms in total. The third-order valence-electron chi connectivity index (χ3n) is 1.02. The van der Waals surface area contributed by atoms with E-state index in [2.05, 4.69) is 26.1 Å². The predicted octanol–water partition coefficient (Wildman–Crippen LogP) is 1.60. The first-order valence-electron chi connectivity index (χ1n) is 3.33. The van der Waals surface area contributed by atoms with Gasteiger partial charge in [0.2, 0.25) is 0 Å². The molecule has 0 aliphatic carbocycles. The fourth-order valence-corrected chi connectivity index (χ4v) is 0.525. The third kappa shape index (κ3) is 5.96. The Balaban J connectivity index is 2.72. The topological polar surface area (TPSA) is 12.0 Å². The normalized spacial score (nSPS) is 10.5. The molecule has 0 aromatic heterocycles. The van der Waals surface area contributed by atoms with Crippen LogP contribution in [0.4, 0.5) is 0 Å². The van der Waals surface area contributed by atoms with Crippen LogP contribution in [0.5, 0.6) is 0 Å². The van der Waals surface area contributed by atoms with Crippen LogP contribution in [0.15, 0.2) is 0 Å². The first-order valence-corrected chi connectivity index (χ1v) is 3.33. The van der Waals surface area contributed by atoms with Crippen LogP contribution in [0.25, 0.3) is 0 Å². The summed E-state index contributed by atoms with van der Waals surface area (Å²) < 4.78 is 0. The summed E-state index contributed by atoms with van der Waals surface area (Å²) >= 11 is 0. The van der Waals surface area contributed by atoms with Crippen LogP contribution >= 0.6 is 0 Å². The Bertz CT molecular complexity index is 41.7. The predicted molar refractivity (Wildman–Crippen MR) is 37.7 cm³/mol. The van der Waals surface area contributed by atoms with Crippen molar-refractivity contribution in [1.29, 1.82) is 0 Å². The van der Waals surface area contributed by atoms with Crippen LogP contribution in [0.2, 0.25) is 0 Å². The number of nitrogens with one attached hydrogen (secondary N) is 1. The molecule has 0 aliphatic rings. The fraction of sp³-hybridized carbons (Fsp3) is 0.857. The van der Waals surface area contributed by atoms with Gasteiger partial charge in [-0.15, -0.1) is 0 Å². The summed E-state index contributed by atoms with van der Waals surface area (Å²) in [5.74, 6) is 0. The third-order valence-corrected chi connectivity index (χ3v) is 1.02. The molecule has 1 unspecified atom stereocenters. The van der Waals surface area contributed by atoms with Crippen molar-refractivity contribution in [3.8, 4) is 0 Å². The second-order valence-corrected chi connectivity index (χ2v) is 2.21. The van der Waals surface area contributed by atoms with Crippen LogP contribution in [-0.2, 0) is 0 Å². The Morgan fingerprint density at radius 3 is 2.62 bits per heavy atom. The van der Waals surface area contributed by atoms with Gasteiger partial charge in [-0.1, -0.05) is 13.3 Å². The molecule has 0 bridgehead atoms. The zero-order valence-corrected chi connectivity index (χ0v) is 5.91. The van der Waals surface area contributed by atoms with E-state index < -0.39 is 0 Å². The average Bonchev–Trinajstić information content (AvgIpc) is 1.66. The molecular weight excluding hydrogens is 98.1 g/mol. The summed E-state index contributed by atoms with van der Waals surface area (Å²) in [6.45, 7) is 9.17. The van der Waals surface area contributed by atoms with E-state index in [4.69, 9.17) is 0 Å². The van der Waals surface area contributed by atoms with Gasteiger partial charge in [0.15, 0.2) is 0 Å². The smallest absolute Gasteiger partial charge is 0.00393 e. The lowest BCUT2D eigenvalue weighted by Gasteiger charge is -2.04. The highest BCUT2D eigenvalue weighted by Crippen LogP contribution is 1.83. The molecule has 1 heteroatoms. The second kappa shape index (κ2) is 5.10. The van der Waals surface area contributed by atoms with Gasteiger partial charge in [0.25, 0.3) is 0 Å². The van der Waals surface area contributed by atoms with Gasteiger partial charge in [0, 0.05) is 6.04 Å². The van der Waals surface area contributed by atoms with Crippen LogP contribution in [-0.4, -0.2) is 12.6 Å². The molecule has 1 N–H and O–H groups in total. The van der Waals surface area contributed by atoms with Crippen molar-refractivity contribution in [1.82, 2.24) is 5.32 Å². The largest absolute Gasteiger partial charge is 0.314 e. The first kappa shape index (κ1) is 7.96. The molecule has 1 atom stereocenters. The standard InChI is InChI=1S/C7H16N/c1-4-5-6-8-7(2)3/h7-8H,2,4-6H2,1,3H3. The van der Waals surface area contributed by atoms with E-state index in [1.54, 1.807) is 0 Å². The summed E-state index contributed by atoms with van der Waals surface area (Å²) in [5.41, 5.74) is 0. The van der Waals surface area contributed by atoms with E-state index in [9.17, 15) is 0 Å². The van der Waals surface area contributed by atoms with E-state index in [-0.39, 0.29) is 0 Å². The molecule has 0 aromatic rings. The van der Waals surface area contributed by atoms with Crippen LogP contribution < -0.4 is 5.32 Å². The van der Waals surface area contributed by atoms with E-state index in [0.29, 0.717) is 6.04 Å². The van der Waals surface area contributed by atoms with Crippen molar-refractivity contribution in [3.63, 3.8) is 0 Å². The Hall–Kier alpha value is -0.0400. The molecule has 0 saturated carbocycles. The molecule has 49 valence electrons. The maximum atomic E-state index is 3.80. The molecule has 0 fully saturated rings. The van der Waals surface area contributed by atoms with Crippen LogP contribution in [0.1, 0.15) is 26.7 Å². The average molecular weight is 114 g/mol. The van der Waals surface area contributed by atoms with Gasteiger partial charge in [-0.2, -0.15) is 0 Å².